The first-order chi connectivity index (χ1) is 9.50. The summed E-state index contributed by atoms with van der Waals surface area (Å²) in [5, 5.41) is 3.45. The monoisotopic (exact) mass is 279 g/mol. The molecule has 112 valence electrons. The fraction of sp³-hybridized carbons (Fsp3) is 0.688. The summed E-state index contributed by atoms with van der Waals surface area (Å²) in [4.78, 5) is 6.74. The Morgan fingerprint density at radius 2 is 2.25 bits per heavy atom. The Balaban J connectivity index is 1.91. The lowest BCUT2D eigenvalue weighted by Gasteiger charge is -2.23. The van der Waals surface area contributed by atoms with Gasteiger partial charge in [-0.3, -0.25) is 4.98 Å². The molecule has 1 unspecified atom stereocenters. The molecule has 0 radical (unpaired) electrons. The van der Waals surface area contributed by atoms with Crippen molar-refractivity contribution in [3.63, 3.8) is 0 Å². The molecule has 0 aliphatic carbocycles. The van der Waals surface area contributed by atoms with E-state index in [9.17, 15) is 4.39 Å². The molecule has 0 spiro atoms. The average molecular weight is 279 g/mol. The summed E-state index contributed by atoms with van der Waals surface area (Å²) in [5.41, 5.74) is 1.38. The normalized spacial score (nSPS) is 20.2. The van der Waals surface area contributed by atoms with Gasteiger partial charge < -0.3 is 10.2 Å². The van der Waals surface area contributed by atoms with Crippen molar-refractivity contribution >= 4 is 0 Å². The summed E-state index contributed by atoms with van der Waals surface area (Å²) < 4.78 is 13.0. The maximum absolute atomic E-state index is 13.0. The van der Waals surface area contributed by atoms with Gasteiger partial charge in [0.25, 0.3) is 0 Å². The zero-order valence-electron chi connectivity index (χ0n) is 12.8. The first-order valence-electron chi connectivity index (χ1n) is 7.57. The van der Waals surface area contributed by atoms with Gasteiger partial charge in [0.2, 0.25) is 0 Å². The lowest BCUT2D eigenvalue weighted by Crippen LogP contribution is -2.29. The number of hydrogen-bond acceptors (Lipinski definition) is 3. The summed E-state index contributed by atoms with van der Waals surface area (Å²) >= 11 is 0. The fourth-order valence-electron chi connectivity index (χ4n) is 2.92. The zero-order valence-corrected chi connectivity index (χ0v) is 12.8. The molecule has 0 aromatic carbocycles. The van der Waals surface area contributed by atoms with Crippen molar-refractivity contribution in [1.29, 1.82) is 0 Å². The Bertz CT molecular complexity index is 416. The van der Waals surface area contributed by atoms with E-state index < -0.39 is 0 Å². The molecule has 1 atom stereocenters. The molecule has 1 aromatic rings. The number of halogens is 1. The van der Waals surface area contributed by atoms with E-state index in [1.54, 1.807) is 6.07 Å². The molecular formula is C16H26FN3. The van der Waals surface area contributed by atoms with Crippen molar-refractivity contribution in [1.82, 2.24) is 15.2 Å². The van der Waals surface area contributed by atoms with Gasteiger partial charge in [-0.2, -0.15) is 0 Å². The SMILES string of the molecule is CCNC(CCN1CCC(C)(C)C1)c1ccc(F)cn1. The van der Waals surface area contributed by atoms with Crippen LogP contribution in [0.5, 0.6) is 0 Å². The van der Waals surface area contributed by atoms with E-state index in [2.05, 4.69) is 36.0 Å². The maximum atomic E-state index is 13.0. The number of pyridine rings is 1. The van der Waals surface area contributed by atoms with E-state index >= 15 is 0 Å². The van der Waals surface area contributed by atoms with Gasteiger partial charge in [0, 0.05) is 13.1 Å². The van der Waals surface area contributed by atoms with Crippen LogP contribution in [0, 0.1) is 11.2 Å². The second-order valence-electron chi connectivity index (χ2n) is 6.49. The van der Waals surface area contributed by atoms with Gasteiger partial charge in [0.15, 0.2) is 0 Å². The number of aromatic nitrogens is 1. The highest BCUT2D eigenvalue weighted by molar-refractivity contribution is 5.10. The molecule has 1 aliphatic heterocycles. The Morgan fingerprint density at radius 3 is 2.80 bits per heavy atom. The Morgan fingerprint density at radius 1 is 1.45 bits per heavy atom. The van der Waals surface area contributed by atoms with Crippen molar-refractivity contribution in [2.75, 3.05) is 26.2 Å². The molecule has 1 aromatic heterocycles. The van der Waals surface area contributed by atoms with Crippen LogP contribution in [0.15, 0.2) is 18.3 Å². The van der Waals surface area contributed by atoms with E-state index in [0.29, 0.717) is 5.41 Å². The quantitative estimate of drug-likeness (QED) is 0.867. The van der Waals surface area contributed by atoms with Crippen LogP contribution < -0.4 is 5.32 Å². The first-order valence-corrected chi connectivity index (χ1v) is 7.57. The Kier molecular flexibility index (Phi) is 5.11. The van der Waals surface area contributed by atoms with Crippen LogP contribution >= 0.6 is 0 Å². The highest BCUT2D eigenvalue weighted by atomic mass is 19.1. The molecule has 1 aliphatic rings. The molecule has 1 saturated heterocycles. The number of nitrogens with one attached hydrogen (secondary N) is 1. The molecule has 2 rings (SSSR count). The molecule has 2 heterocycles. The molecule has 0 bridgehead atoms. The third kappa shape index (κ3) is 4.25. The van der Waals surface area contributed by atoms with Crippen molar-refractivity contribution in [2.45, 2.75) is 39.7 Å². The minimum atomic E-state index is -0.273. The summed E-state index contributed by atoms with van der Waals surface area (Å²) in [6.45, 7) is 11.1. The highest BCUT2D eigenvalue weighted by Crippen LogP contribution is 2.29. The van der Waals surface area contributed by atoms with Crippen LogP contribution in [-0.2, 0) is 0 Å². The minimum Gasteiger partial charge on any atom is -0.309 e. The van der Waals surface area contributed by atoms with Crippen LogP contribution in [0.1, 0.15) is 45.3 Å². The number of hydrogen-bond donors (Lipinski definition) is 1. The lowest BCUT2D eigenvalue weighted by molar-refractivity contribution is 0.274. The fourth-order valence-corrected chi connectivity index (χ4v) is 2.92. The number of nitrogens with zero attached hydrogens (tertiary/aromatic N) is 2. The van der Waals surface area contributed by atoms with Crippen molar-refractivity contribution in [2.24, 2.45) is 5.41 Å². The van der Waals surface area contributed by atoms with Gasteiger partial charge in [-0.05, 0) is 43.5 Å². The van der Waals surface area contributed by atoms with Gasteiger partial charge in [-0.15, -0.1) is 0 Å². The molecule has 3 nitrogen and oxygen atoms in total. The summed E-state index contributed by atoms with van der Waals surface area (Å²) in [6.07, 6.45) is 3.59. The molecule has 0 amide bonds. The van der Waals surface area contributed by atoms with Gasteiger partial charge in [0.05, 0.1) is 17.9 Å². The Labute approximate surface area is 121 Å². The second kappa shape index (κ2) is 6.64. The molecular weight excluding hydrogens is 253 g/mol. The average Bonchev–Trinajstić information content (AvgIpc) is 2.75. The van der Waals surface area contributed by atoms with Crippen molar-refractivity contribution in [3.05, 3.63) is 29.8 Å². The molecule has 1 N–H and O–H groups in total. The van der Waals surface area contributed by atoms with Crippen LogP contribution in [0.4, 0.5) is 4.39 Å². The van der Waals surface area contributed by atoms with E-state index in [1.807, 2.05) is 0 Å². The van der Waals surface area contributed by atoms with Crippen LogP contribution in [0.25, 0.3) is 0 Å². The highest BCUT2D eigenvalue weighted by Gasteiger charge is 2.29. The largest absolute Gasteiger partial charge is 0.309 e. The van der Waals surface area contributed by atoms with E-state index in [4.69, 9.17) is 0 Å². The topological polar surface area (TPSA) is 28.2 Å². The molecule has 0 saturated carbocycles. The van der Waals surface area contributed by atoms with Crippen molar-refractivity contribution in [3.8, 4) is 0 Å². The van der Waals surface area contributed by atoms with Crippen LogP contribution in [-0.4, -0.2) is 36.1 Å². The molecule has 20 heavy (non-hydrogen) atoms. The lowest BCUT2D eigenvalue weighted by atomic mass is 9.93. The van der Waals surface area contributed by atoms with E-state index in [0.717, 1.165) is 25.2 Å². The van der Waals surface area contributed by atoms with Crippen LogP contribution in [0.2, 0.25) is 0 Å². The molecule has 1 fully saturated rings. The van der Waals surface area contributed by atoms with Crippen molar-refractivity contribution < 1.29 is 4.39 Å². The third-order valence-electron chi connectivity index (χ3n) is 4.05. The van der Waals surface area contributed by atoms with E-state index in [-0.39, 0.29) is 11.9 Å². The predicted octanol–water partition coefficient (Wildman–Crippen LogP) is 2.99. The van der Waals surface area contributed by atoms with Gasteiger partial charge in [-0.1, -0.05) is 20.8 Å². The standard InChI is InChI=1S/C16H26FN3/c1-4-18-15(14-6-5-13(17)11-19-14)7-9-20-10-8-16(2,3)12-20/h5-6,11,15,18H,4,7-10,12H2,1-3H3. The molecule has 4 heteroatoms. The smallest absolute Gasteiger partial charge is 0.141 e. The van der Waals surface area contributed by atoms with Gasteiger partial charge in [0.1, 0.15) is 5.82 Å². The predicted molar refractivity (Wildman–Crippen MR) is 80.1 cm³/mol. The number of rotatable bonds is 6. The van der Waals surface area contributed by atoms with Gasteiger partial charge >= 0.3 is 0 Å². The summed E-state index contributed by atoms with van der Waals surface area (Å²) in [7, 11) is 0. The number of likely N-dealkylation sites (tertiary alicyclic amines) is 1. The minimum absolute atomic E-state index is 0.212. The second-order valence-corrected chi connectivity index (χ2v) is 6.49. The third-order valence-corrected chi connectivity index (χ3v) is 4.05. The first kappa shape index (κ1) is 15.4. The summed E-state index contributed by atoms with van der Waals surface area (Å²) in [6, 6.07) is 3.49. The maximum Gasteiger partial charge on any atom is 0.141 e. The zero-order chi connectivity index (χ0) is 14.6. The van der Waals surface area contributed by atoms with Crippen LogP contribution in [0.3, 0.4) is 0 Å². The van der Waals surface area contributed by atoms with E-state index in [1.165, 1.54) is 31.8 Å². The summed E-state index contributed by atoms with van der Waals surface area (Å²) in [5.74, 6) is -0.273. The Hall–Kier alpha value is -1.00. The van der Waals surface area contributed by atoms with Gasteiger partial charge in [-0.25, -0.2) is 4.39 Å².